The van der Waals surface area contributed by atoms with E-state index in [0.29, 0.717) is 30.3 Å². The van der Waals surface area contributed by atoms with E-state index in [0.717, 1.165) is 31.7 Å². The molecule has 2 aromatic heterocycles. The van der Waals surface area contributed by atoms with Gasteiger partial charge < -0.3 is 0 Å². The number of aromatic nitrogens is 2. The normalized spacial score (nSPS) is 26.8. The van der Waals surface area contributed by atoms with E-state index >= 15 is 0 Å². The van der Waals surface area contributed by atoms with Gasteiger partial charge in [-0.2, -0.15) is 0 Å². The summed E-state index contributed by atoms with van der Waals surface area (Å²) in [6.07, 6.45) is 1.87. The number of halogens is 3. The van der Waals surface area contributed by atoms with Crippen LogP contribution < -0.4 is 9.78 Å². The zero-order valence-corrected chi connectivity index (χ0v) is 19.5. The van der Waals surface area contributed by atoms with Crippen LogP contribution in [0.3, 0.4) is 0 Å². The van der Waals surface area contributed by atoms with Crippen LogP contribution >= 0.6 is 0 Å². The van der Waals surface area contributed by atoms with Crippen LogP contribution in [0.1, 0.15) is 32.4 Å². The summed E-state index contributed by atoms with van der Waals surface area (Å²) in [5.41, 5.74) is 0.395. The zero-order valence-electron chi connectivity index (χ0n) is 17.8. The number of nitrogens with one attached hydrogen (secondary N) is 1. The van der Waals surface area contributed by atoms with Crippen LogP contribution in [0.4, 0.5) is 19.0 Å². The number of rotatable bonds is 4. The van der Waals surface area contributed by atoms with E-state index in [4.69, 9.17) is 4.74 Å². The first-order valence-electron chi connectivity index (χ1n) is 10.5. The summed E-state index contributed by atoms with van der Waals surface area (Å²) in [5.74, 6) is 1.14. The first-order valence-corrected chi connectivity index (χ1v) is 12.2. The molecule has 1 N–H and O–H groups in total. The summed E-state index contributed by atoms with van der Waals surface area (Å²) in [5, 5.41) is 13.3. The van der Waals surface area contributed by atoms with Crippen molar-refractivity contribution in [3.8, 4) is 6.07 Å². The van der Waals surface area contributed by atoms with Crippen LogP contribution in [0.5, 0.6) is 0 Å². The Bertz CT molecular complexity index is 1010. The number of fused-ring (bicyclic) bond motifs is 2. The Morgan fingerprint density at radius 2 is 2.06 bits per heavy atom. The van der Waals surface area contributed by atoms with Gasteiger partial charge in [-0.15, -0.1) is 0 Å². The molecule has 0 radical (unpaired) electrons. The fraction of sp³-hybridized carbons (Fsp3) is 0.619. The fourth-order valence-corrected chi connectivity index (χ4v) is 6.01. The van der Waals surface area contributed by atoms with E-state index in [2.05, 4.69) is 21.4 Å². The minimum atomic E-state index is -4.21. The van der Waals surface area contributed by atoms with E-state index in [9.17, 15) is 18.4 Å². The third-order valence-corrected chi connectivity index (χ3v) is 8.34. The molecule has 2 unspecified atom stereocenters. The summed E-state index contributed by atoms with van der Waals surface area (Å²) in [7, 11) is 0. The second-order valence-electron chi connectivity index (χ2n) is 8.18. The Kier molecular flexibility index (Phi) is 5.76. The van der Waals surface area contributed by atoms with E-state index in [1.807, 2.05) is 19.9 Å². The van der Waals surface area contributed by atoms with Crippen molar-refractivity contribution >= 4 is 30.8 Å². The number of ether oxygens (including phenoxy) is 1. The average molecular weight is 500 g/mol. The average Bonchev–Trinajstić information content (AvgIpc) is 3.32. The van der Waals surface area contributed by atoms with Crippen LogP contribution in [0.15, 0.2) is 18.2 Å². The topological polar surface area (TPSA) is 65.6 Å². The molecule has 2 aliphatic heterocycles. The number of nitrogens with zero attached hydrogens (tertiary/aromatic N) is 4. The van der Waals surface area contributed by atoms with Crippen LogP contribution in [0, 0.1) is 24.2 Å². The molecular weight excluding hydrogens is 474 g/mol. The Labute approximate surface area is 185 Å². The Balaban J connectivity index is 0.00000112. The van der Waals surface area contributed by atoms with E-state index < -0.39 is 25.6 Å². The predicted octanol–water partition coefficient (Wildman–Crippen LogP) is 2.69. The van der Waals surface area contributed by atoms with Crippen molar-refractivity contribution in [2.75, 3.05) is 31.6 Å². The second kappa shape index (κ2) is 7.96. The van der Waals surface area contributed by atoms with Crippen molar-refractivity contribution in [2.45, 2.75) is 49.8 Å². The van der Waals surface area contributed by atoms with Crippen LogP contribution in [0.25, 0.3) is 5.52 Å². The Hall–Kier alpha value is -1.79. The van der Waals surface area contributed by atoms with Gasteiger partial charge in [-0.25, -0.2) is 0 Å². The van der Waals surface area contributed by atoms with Crippen LogP contribution in [0.2, 0.25) is 0 Å². The quantitative estimate of drug-likeness (QED) is 0.655. The van der Waals surface area contributed by atoms with Crippen LogP contribution in [-0.4, -0.2) is 71.9 Å². The molecule has 2 aromatic rings. The van der Waals surface area contributed by atoms with E-state index in [1.165, 1.54) is 0 Å². The first kappa shape index (κ1) is 22.4. The molecule has 10 heteroatoms. The molecule has 3 aliphatic rings. The van der Waals surface area contributed by atoms with Gasteiger partial charge in [0, 0.05) is 0 Å². The molecule has 3 fully saturated rings. The molecule has 0 bridgehead atoms. The molecule has 6 nitrogen and oxygen atoms in total. The maximum atomic E-state index is 13.0. The van der Waals surface area contributed by atoms with Crippen molar-refractivity contribution in [2.24, 2.45) is 5.92 Å². The molecule has 1 aliphatic carbocycles. The monoisotopic (exact) mass is 501 g/mol. The van der Waals surface area contributed by atoms with Crippen molar-refractivity contribution in [3.05, 3.63) is 23.9 Å². The molecule has 5 rings (SSSR count). The molecule has 4 heterocycles. The zero-order chi connectivity index (χ0) is 22.4. The number of likely N-dealkylation sites (tertiary alicyclic amines) is 1. The summed E-state index contributed by atoms with van der Waals surface area (Å²) in [4.78, 5) is 2.23. The van der Waals surface area contributed by atoms with E-state index in [1.54, 1.807) is 23.6 Å². The van der Waals surface area contributed by atoms with Crippen molar-refractivity contribution < 1.29 is 17.9 Å². The minimum absolute atomic E-state index is 0.0682. The molecule has 1 saturated carbocycles. The van der Waals surface area contributed by atoms with Gasteiger partial charge in [-0.1, -0.05) is 13.8 Å². The van der Waals surface area contributed by atoms with E-state index in [-0.39, 0.29) is 10.0 Å². The maximum absolute atomic E-state index is 13.0. The second-order valence-corrected chi connectivity index (χ2v) is 10.4. The number of pyridine rings is 1. The first-order chi connectivity index (χ1) is 14.8. The van der Waals surface area contributed by atoms with Gasteiger partial charge in [0.2, 0.25) is 0 Å². The third kappa shape index (κ3) is 3.93. The van der Waals surface area contributed by atoms with Crippen molar-refractivity contribution in [1.29, 1.82) is 5.26 Å². The van der Waals surface area contributed by atoms with Crippen molar-refractivity contribution in [3.63, 3.8) is 0 Å². The standard InChI is InChI=1S/C19H20F3N5OSe.C2H6/c1-12-16(29-19(20,21)22)14-3-2-4-15(27(14)25-12)24-18-5-6-26(8-13(18)7-18)17(9-23)10-28-11-17;1-2/h2-4,13,24H,5-8,10-11H2,1H3;1-2H3. The third-order valence-electron chi connectivity index (χ3n) is 6.37. The fourth-order valence-electron chi connectivity index (χ4n) is 4.59. The number of hydrogen-bond acceptors (Lipinski definition) is 5. The molecule has 31 heavy (non-hydrogen) atoms. The molecule has 2 saturated heterocycles. The van der Waals surface area contributed by atoms with Crippen LogP contribution in [-0.2, 0) is 4.74 Å². The van der Waals surface area contributed by atoms with Gasteiger partial charge in [-0.3, -0.25) is 0 Å². The number of piperidine rings is 1. The van der Waals surface area contributed by atoms with Gasteiger partial charge >= 0.3 is 172 Å². The Morgan fingerprint density at radius 3 is 2.65 bits per heavy atom. The molecule has 2 atom stereocenters. The SMILES string of the molecule is CC.Cc1nn2c(NC34CCN(C5(C#N)COC5)CC3C4)cccc2c1[Se]C(F)(F)F. The van der Waals surface area contributed by atoms with Gasteiger partial charge in [0.05, 0.1) is 0 Å². The summed E-state index contributed by atoms with van der Waals surface area (Å²) < 4.78 is 46.2. The number of hydrogen-bond donors (Lipinski definition) is 1. The number of nitriles is 1. The summed E-state index contributed by atoms with van der Waals surface area (Å²) >= 11 is -1.63. The number of anilines is 1. The van der Waals surface area contributed by atoms with Crippen molar-refractivity contribution in [1.82, 2.24) is 14.5 Å². The Morgan fingerprint density at radius 1 is 1.32 bits per heavy atom. The summed E-state index contributed by atoms with van der Waals surface area (Å²) in [6.45, 7) is 8.20. The molecule has 0 amide bonds. The number of aryl methyl sites for hydroxylation is 1. The van der Waals surface area contributed by atoms with Gasteiger partial charge in [0.25, 0.3) is 0 Å². The number of alkyl halides is 3. The molecule has 168 valence electrons. The molecular formula is C21H26F3N5OSe. The van der Waals surface area contributed by atoms with Gasteiger partial charge in [0.1, 0.15) is 0 Å². The van der Waals surface area contributed by atoms with Gasteiger partial charge in [0.15, 0.2) is 0 Å². The van der Waals surface area contributed by atoms with Gasteiger partial charge in [-0.05, 0) is 0 Å². The molecule has 0 spiro atoms. The summed E-state index contributed by atoms with van der Waals surface area (Å²) in [6, 6.07) is 7.77. The molecule has 0 aromatic carbocycles. The predicted molar refractivity (Wildman–Crippen MR) is 113 cm³/mol.